The second-order valence-electron chi connectivity index (χ2n) is 5.16. The zero-order valence-corrected chi connectivity index (χ0v) is 12.7. The Labute approximate surface area is 132 Å². The summed E-state index contributed by atoms with van der Waals surface area (Å²) in [6, 6.07) is 5.36. The maximum atomic E-state index is 11.2. The molecule has 0 saturated heterocycles. The van der Waals surface area contributed by atoms with Crippen molar-refractivity contribution in [2.24, 2.45) is 0 Å². The topological polar surface area (TPSA) is 107 Å². The molecule has 0 atom stereocenters. The number of hydrogen-bond acceptors (Lipinski definition) is 5. The van der Waals surface area contributed by atoms with Crippen LogP contribution in [0.15, 0.2) is 36.8 Å². The molecule has 0 radical (unpaired) electrons. The summed E-state index contributed by atoms with van der Waals surface area (Å²) in [6.45, 7) is 3.61. The molecule has 0 unspecified atom stereocenters. The van der Waals surface area contributed by atoms with Crippen LogP contribution in [0.4, 0.5) is 5.95 Å². The van der Waals surface area contributed by atoms with Crippen LogP contribution >= 0.6 is 0 Å². The van der Waals surface area contributed by atoms with Gasteiger partial charge in [0.2, 0.25) is 5.95 Å². The zero-order valence-electron chi connectivity index (χ0n) is 12.7. The molecule has 23 heavy (non-hydrogen) atoms. The lowest BCUT2D eigenvalue weighted by atomic mass is 10.1. The van der Waals surface area contributed by atoms with E-state index >= 15 is 0 Å². The standard InChI is InChI=1S/C16H15N5O2/c1-9-5-13(15(22)23)10(2)21(9)14-4-3-11(6-18-14)12-7-19-16(17)20-8-12/h3-8H,1-2H3,(H,22,23)(H2,17,19,20). The molecule has 3 heterocycles. The fourth-order valence-electron chi connectivity index (χ4n) is 2.51. The molecule has 0 amide bonds. The first kappa shape index (κ1) is 14.7. The van der Waals surface area contributed by atoms with E-state index in [0.717, 1.165) is 16.8 Å². The maximum absolute atomic E-state index is 11.2. The van der Waals surface area contributed by atoms with Crippen LogP contribution in [0.5, 0.6) is 0 Å². The number of carboxylic acids is 1. The van der Waals surface area contributed by atoms with E-state index in [9.17, 15) is 9.90 Å². The summed E-state index contributed by atoms with van der Waals surface area (Å²) in [5.74, 6) is -0.0641. The number of nitrogen functional groups attached to an aromatic ring is 1. The number of carboxylic acid groups (broad SMARTS) is 1. The van der Waals surface area contributed by atoms with E-state index < -0.39 is 5.97 Å². The number of pyridine rings is 1. The van der Waals surface area contributed by atoms with Gasteiger partial charge in [0, 0.05) is 41.1 Å². The number of aryl methyl sites for hydroxylation is 1. The molecule has 0 aliphatic rings. The molecule has 0 fully saturated rings. The smallest absolute Gasteiger partial charge is 0.337 e. The molecule has 3 aromatic heterocycles. The normalized spacial score (nSPS) is 10.7. The highest BCUT2D eigenvalue weighted by atomic mass is 16.4. The Balaban J connectivity index is 2.00. The van der Waals surface area contributed by atoms with Gasteiger partial charge >= 0.3 is 5.97 Å². The molecule has 116 valence electrons. The van der Waals surface area contributed by atoms with Crippen molar-refractivity contribution >= 4 is 11.9 Å². The van der Waals surface area contributed by atoms with E-state index in [1.165, 1.54) is 0 Å². The molecule has 7 heteroatoms. The van der Waals surface area contributed by atoms with Gasteiger partial charge in [-0.2, -0.15) is 0 Å². The van der Waals surface area contributed by atoms with Crippen molar-refractivity contribution in [3.05, 3.63) is 53.7 Å². The molecule has 3 rings (SSSR count). The second kappa shape index (κ2) is 5.53. The van der Waals surface area contributed by atoms with Crippen molar-refractivity contribution in [3.63, 3.8) is 0 Å². The summed E-state index contributed by atoms with van der Waals surface area (Å²) in [5, 5.41) is 9.21. The number of nitrogens with two attached hydrogens (primary N) is 1. The van der Waals surface area contributed by atoms with Gasteiger partial charge in [0.25, 0.3) is 0 Å². The van der Waals surface area contributed by atoms with Gasteiger partial charge in [-0.25, -0.2) is 19.7 Å². The van der Waals surface area contributed by atoms with Crippen LogP contribution in [-0.4, -0.2) is 30.6 Å². The van der Waals surface area contributed by atoms with Gasteiger partial charge in [0.15, 0.2) is 0 Å². The summed E-state index contributed by atoms with van der Waals surface area (Å²) in [7, 11) is 0. The van der Waals surface area contributed by atoms with E-state index in [1.807, 2.05) is 23.6 Å². The number of anilines is 1. The minimum absolute atomic E-state index is 0.220. The summed E-state index contributed by atoms with van der Waals surface area (Å²) in [5.41, 5.74) is 8.88. The van der Waals surface area contributed by atoms with Crippen LogP contribution in [0, 0.1) is 13.8 Å². The minimum atomic E-state index is -0.944. The first-order valence-electron chi connectivity index (χ1n) is 6.94. The lowest BCUT2D eigenvalue weighted by Gasteiger charge is -2.09. The fourth-order valence-corrected chi connectivity index (χ4v) is 2.51. The first-order chi connectivity index (χ1) is 11.0. The Bertz CT molecular complexity index is 867. The molecular weight excluding hydrogens is 294 g/mol. The highest BCUT2D eigenvalue weighted by molar-refractivity contribution is 5.89. The summed E-state index contributed by atoms with van der Waals surface area (Å²) < 4.78 is 1.81. The van der Waals surface area contributed by atoms with Crippen molar-refractivity contribution in [3.8, 4) is 16.9 Å². The Morgan fingerprint density at radius 1 is 1.09 bits per heavy atom. The monoisotopic (exact) mass is 309 g/mol. The van der Waals surface area contributed by atoms with Crippen LogP contribution in [0.2, 0.25) is 0 Å². The third-order valence-electron chi connectivity index (χ3n) is 3.64. The van der Waals surface area contributed by atoms with Gasteiger partial charge in [-0.1, -0.05) is 0 Å². The number of rotatable bonds is 3. The molecule has 7 nitrogen and oxygen atoms in total. The molecule has 0 spiro atoms. The number of hydrogen-bond donors (Lipinski definition) is 2. The molecule has 0 aliphatic heterocycles. The molecule has 0 aromatic carbocycles. The highest BCUT2D eigenvalue weighted by Crippen LogP contribution is 2.22. The predicted octanol–water partition coefficient (Wildman–Crippen LogP) is 2.23. The minimum Gasteiger partial charge on any atom is -0.478 e. The van der Waals surface area contributed by atoms with Crippen molar-refractivity contribution in [1.29, 1.82) is 0 Å². The number of carbonyl (C=O) groups is 1. The van der Waals surface area contributed by atoms with Gasteiger partial charge in [-0.15, -0.1) is 0 Å². The van der Waals surface area contributed by atoms with Gasteiger partial charge < -0.3 is 15.4 Å². The molecular formula is C16H15N5O2. The van der Waals surface area contributed by atoms with Gasteiger partial charge in [-0.05, 0) is 32.0 Å². The van der Waals surface area contributed by atoms with Crippen molar-refractivity contribution in [1.82, 2.24) is 19.5 Å². The van der Waals surface area contributed by atoms with Crippen LogP contribution in [0.25, 0.3) is 16.9 Å². The van der Waals surface area contributed by atoms with Crippen molar-refractivity contribution in [2.45, 2.75) is 13.8 Å². The predicted molar refractivity (Wildman–Crippen MR) is 85.4 cm³/mol. The van der Waals surface area contributed by atoms with E-state index in [2.05, 4.69) is 15.0 Å². The third kappa shape index (κ3) is 2.64. The molecule has 0 saturated carbocycles. The van der Waals surface area contributed by atoms with Crippen LogP contribution in [-0.2, 0) is 0 Å². The van der Waals surface area contributed by atoms with Gasteiger partial charge in [0.1, 0.15) is 5.82 Å². The zero-order chi connectivity index (χ0) is 16.6. The van der Waals surface area contributed by atoms with Crippen LogP contribution in [0.3, 0.4) is 0 Å². The van der Waals surface area contributed by atoms with E-state index in [0.29, 0.717) is 11.5 Å². The summed E-state index contributed by atoms with van der Waals surface area (Å²) >= 11 is 0. The largest absolute Gasteiger partial charge is 0.478 e. The lowest BCUT2D eigenvalue weighted by Crippen LogP contribution is -2.04. The number of nitrogens with zero attached hydrogens (tertiary/aromatic N) is 4. The van der Waals surface area contributed by atoms with Crippen LogP contribution < -0.4 is 5.73 Å². The SMILES string of the molecule is Cc1cc(C(=O)O)c(C)n1-c1ccc(-c2cnc(N)nc2)cn1. The molecule has 3 aromatic rings. The quantitative estimate of drug-likeness (QED) is 0.768. The first-order valence-corrected chi connectivity index (χ1v) is 6.94. The van der Waals surface area contributed by atoms with Gasteiger partial charge in [0.05, 0.1) is 5.56 Å². The number of aromatic carboxylic acids is 1. The summed E-state index contributed by atoms with van der Waals surface area (Å²) in [4.78, 5) is 23.6. The third-order valence-corrected chi connectivity index (χ3v) is 3.64. The molecule has 3 N–H and O–H groups in total. The Hall–Kier alpha value is -3.22. The molecule has 0 aliphatic carbocycles. The Kier molecular flexibility index (Phi) is 3.53. The number of aromatic nitrogens is 4. The fraction of sp³-hybridized carbons (Fsp3) is 0.125. The summed E-state index contributed by atoms with van der Waals surface area (Å²) in [6.07, 6.45) is 4.96. The highest BCUT2D eigenvalue weighted by Gasteiger charge is 2.16. The van der Waals surface area contributed by atoms with E-state index in [-0.39, 0.29) is 11.5 Å². The Morgan fingerprint density at radius 3 is 2.26 bits per heavy atom. The van der Waals surface area contributed by atoms with Gasteiger partial charge in [-0.3, -0.25) is 0 Å². The van der Waals surface area contributed by atoms with Crippen LogP contribution in [0.1, 0.15) is 21.7 Å². The molecule has 0 bridgehead atoms. The maximum Gasteiger partial charge on any atom is 0.337 e. The lowest BCUT2D eigenvalue weighted by molar-refractivity contribution is 0.0696. The van der Waals surface area contributed by atoms with E-state index in [4.69, 9.17) is 5.73 Å². The van der Waals surface area contributed by atoms with Crippen molar-refractivity contribution < 1.29 is 9.90 Å². The van der Waals surface area contributed by atoms with E-state index in [1.54, 1.807) is 31.6 Å². The Morgan fingerprint density at radius 2 is 1.74 bits per heavy atom. The second-order valence-corrected chi connectivity index (χ2v) is 5.16. The average Bonchev–Trinajstić information content (AvgIpc) is 2.83. The average molecular weight is 309 g/mol. The van der Waals surface area contributed by atoms with Crippen molar-refractivity contribution in [2.75, 3.05) is 5.73 Å².